The molecule has 0 saturated carbocycles. The number of hydrogen-bond acceptors (Lipinski definition) is 2. The molecule has 2 heteroatoms. The van der Waals surface area contributed by atoms with Crippen LogP contribution in [-0.2, 0) is 0 Å². The number of Topliss-reactive ketones (excluding diaryl/α,β-unsaturated/α-hetero) is 1. The fourth-order valence-corrected chi connectivity index (χ4v) is 1.87. The van der Waals surface area contributed by atoms with Gasteiger partial charge >= 0.3 is 0 Å². The summed E-state index contributed by atoms with van der Waals surface area (Å²) in [7, 11) is 0. The molecule has 0 amide bonds. The van der Waals surface area contributed by atoms with E-state index in [0.29, 0.717) is 6.54 Å². The highest BCUT2D eigenvalue weighted by Gasteiger charge is 2.08. The topological polar surface area (TPSA) is 29.1 Å². The number of carbonyl (C=O) groups excluding carboxylic acids is 1. The highest BCUT2D eigenvalue weighted by molar-refractivity contribution is 6.00. The molecule has 0 aliphatic rings. The van der Waals surface area contributed by atoms with Gasteiger partial charge in [0.05, 0.1) is 6.54 Å². The van der Waals surface area contributed by atoms with Gasteiger partial charge in [0.2, 0.25) is 0 Å². The first-order valence-electron chi connectivity index (χ1n) is 6.06. The number of benzene rings is 2. The zero-order valence-corrected chi connectivity index (χ0v) is 10.7. The molecule has 0 saturated heterocycles. The third-order valence-electron chi connectivity index (χ3n) is 2.92. The van der Waals surface area contributed by atoms with E-state index >= 15 is 0 Å². The van der Waals surface area contributed by atoms with Crippen molar-refractivity contribution in [2.75, 3.05) is 11.9 Å². The Bertz CT molecular complexity index is 546. The lowest BCUT2D eigenvalue weighted by Crippen LogP contribution is -2.15. The minimum Gasteiger partial charge on any atom is -0.378 e. The molecule has 0 bridgehead atoms. The van der Waals surface area contributed by atoms with Gasteiger partial charge in [0, 0.05) is 11.3 Å². The van der Waals surface area contributed by atoms with Crippen molar-refractivity contribution in [3.8, 4) is 0 Å². The molecule has 0 atom stereocenters. The number of hydrogen-bond donors (Lipinski definition) is 1. The summed E-state index contributed by atoms with van der Waals surface area (Å²) in [4.78, 5) is 12.1. The maximum atomic E-state index is 12.1. The Morgan fingerprint density at radius 2 is 1.78 bits per heavy atom. The number of nitrogens with one attached hydrogen (secondary N) is 1. The second-order valence-electron chi connectivity index (χ2n) is 4.46. The molecule has 2 aromatic carbocycles. The lowest BCUT2D eigenvalue weighted by Gasteiger charge is -2.08. The normalized spacial score (nSPS) is 10.1. The van der Waals surface area contributed by atoms with Crippen LogP contribution in [0, 0.1) is 13.8 Å². The molecule has 1 N–H and O–H groups in total. The van der Waals surface area contributed by atoms with Crippen molar-refractivity contribution in [1.82, 2.24) is 0 Å². The Kier molecular flexibility index (Phi) is 3.78. The molecule has 0 aromatic heterocycles. The van der Waals surface area contributed by atoms with Crippen molar-refractivity contribution in [2.24, 2.45) is 0 Å². The molecule has 0 spiro atoms. The second kappa shape index (κ2) is 5.50. The standard InChI is InChI=1S/C16H17NO/c1-12-8-9-13(2)15(10-12)16(18)11-17-14-6-4-3-5-7-14/h3-10,17H,11H2,1-2H3. The SMILES string of the molecule is Cc1ccc(C)c(C(=O)CNc2ccccc2)c1. The first-order valence-corrected chi connectivity index (χ1v) is 6.06. The number of para-hydroxylation sites is 1. The number of ketones is 1. The number of rotatable bonds is 4. The molecule has 18 heavy (non-hydrogen) atoms. The second-order valence-corrected chi connectivity index (χ2v) is 4.46. The Morgan fingerprint density at radius 3 is 2.50 bits per heavy atom. The summed E-state index contributed by atoms with van der Waals surface area (Å²) in [6, 6.07) is 15.7. The van der Waals surface area contributed by atoms with E-state index in [-0.39, 0.29) is 5.78 Å². The van der Waals surface area contributed by atoms with E-state index in [9.17, 15) is 4.79 Å². The summed E-state index contributed by atoms with van der Waals surface area (Å²) in [5.74, 6) is 0.125. The monoisotopic (exact) mass is 239 g/mol. The molecule has 0 heterocycles. The number of carbonyl (C=O) groups is 1. The molecule has 0 radical (unpaired) electrons. The molecule has 2 rings (SSSR count). The van der Waals surface area contributed by atoms with Gasteiger partial charge in [0.25, 0.3) is 0 Å². The van der Waals surface area contributed by atoms with Gasteiger partial charge in [-0.25, -0.2) is 0 Å². The van der Waals surface area contributed by atoms with Gasteiger partial charge in [0.1, 0.15) is 0 Å². The fourth-order valence-electron chi connectivity index (χ4n) is 1.87. The van der Waals surface area contributed by atoms with Crippen molar-refractivity contribution >= 4 is 11.5 Å². The number of aryl methyl sites for hydroxylation is 2. The van der Waals surface area contributed by atoms with Gasteiger partial charge in [-0.15, -0.1) is 0 Å². The zero-order chi connectivity index (χ0) is 13.0. The van der Waals surface area contributed by atoms with Crippen molar-refractivity contribution in [2.45, 2.75) is 13.8 Å². The van der Waals surface area contributed by atoms with Crippen LogP contribution in [0.2, 0.25) is 0 Å². The Balaban J connectivity index is 2.06. The summed E-state index contributed by atoms with van der Waals surface area (Å²) in [5, 5.41) is 3.14. The minimum atomic E-state index is 0.125. The third kappa shape index (κ3) is 2.98. The van der Waals surface area contributed by atoms with Crippen LogP contribution in [0.4, 0.5) is 5.69 Å². The van der Waals surface area contributed by atoms with Crippen molar-refractivity contribution in [3.05, 3.63) is 65.2 Å². The van der Waals surface area contributed by atoms with E-state index in [1.165, 1.54) is 0 Å². The average molecular weight is 239 g/mol. The van der Waals surface area contributed by atoms with E-state index in [1.54, 1.807) is 0 Å². The summed E-state index contributed by atoms with van der Waals surface area (Å²) in [6.07, 6.45) is 0. The first kappa shape index (κ1) is 12.4. The lowest BCUT2D eigenvalue weighted by molar-refractivity contribution is 0.101. The van der Waals surface area contributed by atoms with Gasteiger partial charge in [-0.1, -0.05) is 35.9 Å². The van der Waals surface area contributed by atoms with Gasteiger partial charge < -0.3 is 5.32 Å². The van der Waals surface area contributed by atoms with Gasteiger partial charge in [-0.3, -0.25) is 4.79 Å². The van der Waals surface area contributed by atoms with E-state index < -0.39 is 0 Å². The van der Waals surface area contributed by atoms with Gasteiger partial charge in [-0.05, 0) is 37.6 Å². The molecule has 0 aliphatic heterocycles. The quantitative estimate of drug-likeness (QED) is 0.826. The van der Waals surface area contributed by atoms with E-state index in [4.69, 9.17) is 0 Å². The largest absolute Gasteiger partial charge is 0.378 e. The zero-order valence-electron chi connectivity index (χ0n) is 10.7. The maximum absolute atomic E-state index is 12.1. The molecule has 2 aromatic rings. The van der Waals surface area contributed by atoms with Crippen molar-refractivity contribution in [3.63, 3.8) is 0 Å². The minimum absolute atomic E-state index is 0.125. The summed E-state index contributed by atoms with van der Waals surface area (Å²) >= 11 is 0. The van der Waals surface area contributed by atoms with E-state index in [2.05, 4.69) is 5.32 Å². The molecular weight excluding hydrogens is 222 g/mol. The predicted molar refractivity (Wildman–Crippen MR) is 75.2 cm³/mol. The van der Waals surface area contributed by atoms with Crippen LogP contribution in [0.5, 0.6) is 0 Å². The highest BCUT2D eigenvalue weighted by atomic mass is 16.1. The van der Waals surface area contributed by atoms with E-state index in [0.717, 1.165) is 22.4 Å². The molecule has 0 unspecified atom stereocenters. The summed E-state index contributed by atoms with van der Waals surface area (Å²) in [6.45, 7) is 4.30. The van der Waals surface area contributed by atoms with Crippen LogP contribution in [0.1, 0.15) is 21.5 Å². The first-order chi connectivity index (χ1) is 8.66. The third-order valence-corrected chi connectivity index (χ3v) is 2.92. The molecule has 0 fully saturated rings. The van der Waals surface area contributed by atoms with Crippen LogP contribution in [0.25, 0.3) is 0 Å². The van der Waals surface area contributed by atoms with Crippen LogP contribution in [0.3, 0.4) is 0 Å². The van der Waals surface area contributed by atoms with Gasteiger partial charge in [0.15, 0.2) is 5.78 Å². The van der Waals surface area contributed by atoms with Crippen LogP contribution < -0.4 is 5.32 Å². The van der Waals surface area contributed by atoms with Gasteiger partial charge in [-0.2, -0.15) is 0 Å². The average Bonchev–Trinajstić information content (AvgIpc) is 2.40. The van der Waals surface area contributed by atoms with Crippen LogP contribution in [0.15, 0.2) is 48.5 Å². The lowest BCUT2D eigenvalue weighted by atomic mass is 10.0. The number of anilines is 1. The Morgan fingerprint density at radius 1 is 1.06 bits per heavy atom. The predicted octanol–water partition coefficient (Wildman–Crippen LogP) is 3.60. The van der Waals surface area contributed by atoms with Crippen LogP contribution in [-0.4, -0.2) is 12.3 Å². The van der Waals surface area contributed by atoms with E-state index in [1.807, 2.05) is 62.4 Å². The smallest absolute Gasteiger partial charge is 0.182 e. The fraction of sp³-hybridized carbons (Fsp3) is 0.188. The summed E-state index contributed by atoms with van der Waals surface area (Å²) < 4.78 is 0. The Labute approximate surface area is 108 Å². The highest BCUT2D eigenvalue weighted by Crippen LogP contribution is 2.12. The van der Waals surface area contributed by atoms with Crippen molar-refractivity contribution in [1.29, 1.82) is 0 Å². The molecule has 92 valence electrons. The molecule has 0 aliphatic carbocycles. The summed E-state index contributed by atoms with van der Waals surface area (Å²) in [5.41, 5.74) is 3.92. The van der Waals surface area contributed by atoms with Crippen molar-refractivity contribution < 1.29 is 4.79 Å². The molecular formula is C16H17NO. The maximum Gasteiger partial charge on any atom is 0.182 e. The van der Waals surface area contributed by atoms with Crippen LogP contribution >= 0.6 is 0 Å². The Hall–Kier alpha value is -2.09. The molecule has 2 nitrogen and oxygen atoms in total.